The van der Waals surface area contributed by atoms with Gasteiger partial charge in [-0.1, -0.05) is 35.5 Å². The van der Waals surface area contributed by atoms with Gasteiger partial charge in [-0.2, -0.15) is 0 Å². The maximum atomic E-state index is 11.0. The van der Waals surface area contributed by atoms with E-state index in [4.69, 9.17) is 9.63 Å². The summed E-state index contributed by atoms with van der Waals surface area (Å²) in [6, 6.07) is 9.06. The Kier molecular flexibility index (Phi) is 2.25. The van der Waals surface area contributed by atoms with E-state index >= 15 is 0 Å². The zero-order valence-electron chi connectivity index (χ0n) is 8.10. The van der Waals surface area contributed by atoms with E-state index in [0.717, 1.165) is 5.56 Å². The molecule has 0 radical (unpaired) electrons. The van der Waals surface area contributed by atoms with Gasteiger partial charge in [-0.05, 0) is 6.92 Å². The largest absolute Gasteiger partial charge is 0.477 e. The standard InChI is InChI=1S/C11H9NO3/c1-7-9(11(13)14)10(15-12-7)8-5-3-2-4-6-8/h2-6H,1H3,(H,13,14). The van der Waals surface area contributed by atoms with E-state index in [2.05, 4.69) is 5.16 Å². The van der Waals surface area contributed by atoms with Crippen molar-refractivity contribution in [2.24, 2.45) is 0 Å². The molecule has 4 heteroatoms. The van der Waals surface area contributed by atoms with Crippen molar-refractivity contribution in [3.05, 3.63) is 41.6 Å². The topological polar surface area (TPSA) is 63.3 Å². The number of benzene rings is 1. The van der Waals surface area contributed by atoms with Crippen LogP contribution in [-0.4, -0.2) is 16.2 Å². The van der Waals surface area contributed by atoms with Crippen molar-refractivity contribution in [2.45, 2.75) is 6.92 Å². The van der Waals surface area contributed by atoms with Gasteiger partial charge in [0.15, 0.2) is 5.76 Å². The minimum atomic E-state index is -1.02. The van der Waals surface area contributed by atoms with Crippen molar-refractivity contribution in [3.63, 3.8) is 0 Å². The highest BCUT2D eigenvalue weighted by Gasteiger charge is 2.20. The number of hydrogen-bond acceptors (Lipinski definition) is 3. The third-order valence-electron chi connectivity index (χ3n) is 2.11. The van der Waals surface area contributed by atoms with Crippen LogP contribution in [0.4, 0.5) is 0 Å². The molecule has 0 aliphatic carbocycles. The maximum Gasteiger partial charge on any atom is 0.341 e. The van der Waals surface area contributed by atoms with E-state index in [1.807, 2.05) is 18.2 Å². The SMILES string of the molecule is Cc1noc(-c2ccccc2)c1C(=O)O. The molecular formula is C11H9NO3. The van der Waals surface area contributed by atoms with Crippen LogP contribution in [-0.2, 0) is 0 Å². The van der Waals surface area contributed by atoms with Crippen LogP contribution in [0.3, 0.4) is 0 Å². The first-order valence-electron chi connectivity index (χ1n) is 4.45. The van der Waals surface area contributed by atoms with Gasteiger partial charge in [-0.25, -0.2) is 4.79 Å². The molecule has 0 saturated heterocycles. The Labute approximate surface area is 86.1 Å². The summed E-state index contributed by atoms with van der Waals surface area (Å²) in [7, 11) is 0. The first-order chi connectivity index (χ1) is 7.20. The lowest BCUT2D eigenvalue weighted by Gasteiger charge is -1.96. The molecule has 1 aromatic carbocycles. The number of aryl methyl sites for hydroxylation is 1. The summed E-state index contributed by atoms with van der Waals surface area (Å²) in [5.74, 6) is -0.715. The minimum Gasteiger partial charge on any atom is -0.477 e. The van der Waals surface area contributed by atoms with Crippen molar-refractivity contribution in [3.8, 4) is 11.3 Å². The van der Waals surface area contributed by atoms with E-state index in [9.17, 15) is 4.79 Å². The van der Waals surface area contributed by atoms with Gasteiger partial charge in [-0.15, -0.1) is 0 Å². The summed E-state index contributed by atoms with van der Waals surface area (Å²) in [6.45, 7) is 1.61. The molecule has 0 unspecified atom stereocenters. The number of nitrogens with zero attached hydrogens (tertiary/aromatic N) is 1. The molecule has 15 heavy (non-hydrogen) atoms. The molecule has 0 aliphatic rings. The molecule has 0 fully saturated rings. The smallest absolute Gasteiger partial charge is 0.341 e. The van der Waals surface area contributed by atoms with E-state index < -0.39 is 5.97 Å². The number of rotatable bonds is 2. The van der Waals surface area contributed by atoms with Crippen LogP contribution in [0.2, 0.25) is 0 Å². The molecule has 2 aromatic rings. The van der Waals surface area contributed by atoms with E-state index in [0.29, 0.717) is 11.5 Å². The summed E-state index contributed by atoms with van der Waals surface area (Å²) in [6.07, 6.45) is 0. The fraction of sp³-hybridized carbons (Fsp3) is 0.0909. The summed E-state index contributed by atoms with van der Waals surface area (Å²) in [5, 5.41) is 12.7. The van der Waals surface area contributed by atoms with E-state index in [1.54, 1.807) is 19.1 Å². The monoisotopic (exact) mass is 203 g/mol. The summed E-state index contributed by atoms with van der Waals surface area (Å²) in [5.41, 5.74) is 1.23. The highest BCUT2D eigenvalue weighted by atomic mass is 16.5. The quantitative estimate of drug-likeness (QED) is 0.813. The van der Waals surface area contributed by atoms with Crippen LogP contribution < -0.4 is 0 Å². The Morgan fingerprint density at radius 2 is 2.00 bits per heavy atom. The summed E-state index contributed by atoms with van der Waals surface area (Å²) >= 11 is 0. The Morgan fingerprint density at radius 1 is 1.33 bits per heavy atom. The Balaban J connectivity index is 2.59. The van der Waals surface area contributed by atoms with Crippen LogP contribution in [0.25, 0.3) is 11.3 Å². The zero-order chi connectivity index (χ0) is 10.8. The second-order valence-corrected chi connectivity index (χ2v) is 3.14. The molecule has 4 nitrogen and oxygen atoms in total. The van der Waals surface area contributed by atoms with Gasteiger partial charge >= 0.3 is 5.97 Å². The highest BCUT2D eigenvalue weighted by molar-refractivity contribution is 5.95. The van der Waals surface area contributed by atoms with Gasteiger partial charge in [0, 0.05) is 5.56 Å². The van der Waals surface area contributed by atoms with Gasteiger partial charge in [0.05, 0.1) is 5.69 Å². The molecule has 0 bridgehead atoms. The number of carboxylic acid groups (broad SMARTS) is 1. The summed E-state index contributed by atoms with van der Waals surface area (Å²) in [4.78, 5) is 11.0. The second-order valence-electron chi connectivity index (χ2n) is 3.14. The van der Waals surface area contributed by atoms with Crippen LogP contribution in [0.1, 0.15) is 16.1 Å². The van der Waals surface area contributed by atoms with Gasteiger partial charge in [0.2, 0.25) is 0 Å². The van der Waals surface area contributed by atoms with Crippen LogP contribution >= 0.6 is 0 Å². The number of hydrogen-bond donors (Lipinski definition) is 1. The first kappa shape index (κ1) is 9.45. The molecule has 0 aliphatic heterocycles. The van der Waals surface area contributed by atoms with Crippen molar-refractivity contribution in [1.29, 1.82) is 0 Å². The summed E-state index contributed by atoms with van der Waals surface area (Å²) < 4.78 is 5.01. The van der Waals surface area contributed by atoms with Gasteiger partial charge in [-0.3, -0.25) is 0 Å². The molecule has 1 aromatic heterocycles. The number of carbonyl (C=O) groups is 1. The van der Waals surface area contributed by atoms with Crippen molar-refractivity contribution in [2.75, 3.05) is 0 Å². The van der Waals surface area contributed by atoms with Crippen molar-refractivity contribution < 1.29 is 14.4 Å². The third-order valence-corrected chi connectivity index (χ3v) is 2.11. The predicted octanol–water partition coefficient (Wildman–Crippen LogP) is 2.35. The van der Waals surface area contributed by atoms with E-state index in [1.165, 1.54) is 0 Å². The molecular weight excluding hydrogens is 194 g/mol. The fourth-order valence-electron chi connectivity index (χ4n) is 1.41. The van der Waals surface area contributed by atoms with Crippen molar-refractivity contribution >= 4 is 5.97 Å². The number of aromatic nitrogens is 1. The zero-order valence-corrected chi connectivity index (χ0v) is 8.10. The number of carboxylic acids is 1. The molecule has 0 atom stereocenters. The third kappa shape index (κ3) is 1.61. The predicted molar refractivity (Wildman–Crippen MR) is 53.6 cm³/mol. The molecule has 0 amide bonds. The normalized spacial score (nSPS) is 10.2. The lowest BCUT2D eigenvalue weighted by atomic mass is 10.1. The Hall–Kier alpha value is -2.10. The van der Waals surface area contributed by atoms with Crippen LogP contribution in [0.15, 0.2) is 34.9 Å². The Morgan fingerprint density at radius 3 is 2.60 bits per heavy atom. The second kappa shape index (κ2) is 3.57. The molecule has 76 valence electrons. The first-order valence-corrected chi connectivity index (χ1v) is 4.45. The van der Waals surface area contributed by atoms with Crippen molar-refractivity contribution in [1.82, 2.24) is 5.16 Å². The molecule has 0 spiro atoms. The van der Waals surface area contributed by atoms with E-state index in [-0.39, 0.29) is 5.56 Å². The maximum absolute atomic E-state index is 11.0. The molecule has 0 saturated carbocycles. The van der Waals surface area contributed by atoms with Gasteiger partial charge in [0.25, 0.3) is 0 Å². The average molecular weight is 203 g/mol. The lowest BCUT2D eigenvalue weighted by molar-refractivity contribution is 0.0696. The van der Waals surface area contributed by atoms with Gasteiger partial charge in [0.1, 0.15) is 5.56 Å². The van der Waals surface area contributed by atoms with Gasteiger partial charge < -0.3 is 9.63 Å². The molecule has 1 N–H and O–H groups in total. The molecule has 1 heterocycles. The van der Waals surface area contributed by atoms with Crippen LogP contribution in [0, 0.1) is 6.92 Å². The van der Waals surface area contributed by atoms with Crippen LogP contribution in [0.5, 0.6) is 0 Å². The fourth-order valence-corrected chi connectivity index (χ4v) is 1.41. The molecule has 2 rings (SSSR count). The average Bonchev–Trinajstić information content (AvgIpc) is 2.61. The number of aromatic carboxylic acids is 1. The lowest BCUT2D eigenvalue weighted by Crippen LogP contribution is -1.98. The minimum absolute atomic E-state index is 0.126. The highest BCUT2D eigenvalue weighted by Crippen LogP contribution is 2.25. The Bertz CT molecular complexity index is 488.